The molecule has 3 aromatic heterocycles. The molecule has 0 unspecified atom stereocenters. The van der Waals surface area contributed by atoms with Crippen LogP contribution in [0.3, 0.4) is 0 Å². The van der Waals surface area contributed by atoms with Gasteiger partial charge in [-0.1, -0.05) is 5.16 Å². The fraction of sp³-hybridized carbons (Fsp3) is 0.467. The van der Waals surface area contributed by atoms with Gasteiger partial charge in [-0.25, -0.2) is 4.98 Å². The molecule has 0 spiro atoms. The Morgan fingerprint density at radius 2 is 2.29 bits per heavy atom. The smallest absolute Gasteiger partial charge is 0.261 e. The van der Waals surface area contributed by atoms with Crippen LogP contribution in [0.15, 0.2) is 22.3 Å². The van der Waals surface area contributed by atoms with Crippen LogP contribution in [0.2, 0.25) is 0 Å². The van der Waals surface area contributed by atoms with Crippen molar-refractivity contribution in [3.05, 3.63) is 34.3 Å². The molecule has 0 amide bonds. The zero-order valence-electron chi connectivity index (χ0n) is 13.5. The number of morpholine rings is 1. The van der Waals surface area contributed by atoms with Crippen molar-refractivity contribution < 1.29 is 9.26 Å². The Balaban J connectivity index is 1.55. The second-order valence-electron chi connectivity index (χ2n) is 5.80. The predicted octanol–water partition coefficient (Wildman–Crippen LogP) is 1.81. The van der Waals surface area contributed by atoms with E-state index < -0.39 is 0 Å². The van der Waals surface area contributed by atoms with E-state index in [1.807, 2.05) is 20.2 Å². The quantitative estimate of drug-likeness (QED) is 0.712. The van der Waals surface area contributed by atoms with Gasteiger partial charge in [0.2, 0.25) is 0 Å². The molecule has 1 atom stereocenters. The van der Waals surface area contributed by atoms with Crippen LogP contribution >= 0.6 is 11.3 Å². The maximum absolute atomic E-state index is 5.63. The topological polar surface area (TPSA) is 82.1 Å². The number of hydrogen-bond acceptors (Lipinski definition) is 8. The van der Waals surface area contributed by atoms with Crippen LogP contribution in [0.4, 0.5) is 0 Å². The summed E-state index contributed by atoms with van der Waals surface area (Å²) in [5.41, 5.74) is 1.87. The van der Waals surface area contributed by atoms with Gasteiger partial charge in [0.25, 0.3) is 5.89 Å². The Kier molecular flexibility index (Phi) is 4.13. The van der Waals surface area contributed by atoms with Gasteiger partial charge < -0.3 is 9.26 Å². The van der Waals surface area contributed by atoms with Crippen molar-refractivity contribution in [2.24, 2.45) is 7.05 Å². The van der Waals surface area contributed by atoms with Crippen molar-refractivity contribution >= 4 is 11.3 Å². The summed E-state index contributed by atoms with van der Waals surface area (Å²) >= 11 is 1.68. The Morgan fingerprint density at radius 1 is 1.38 bits per heavy atom. The van der Waals surface area contributed by atoms with Crippen LogP contribution in [0.1, 0.15) is 22.6 Å². The van der Waals surface area contributed by atoms with E-state index in [1.54, 1.807) is 22.2 Å². The third kappa shape index (κ3) is 3.10. The summed E-state index contributed by atoms with van der Waals surface area (Å²) in [5.74, 6) is 1.12. The molecule has 9 heteroatoms. The normalized spacial score (nSPS) is 19.0. The van der Waals surface area contributed by atoms with E-state index >= 15 is 0 Å². The van der Waals surface area contributed by atoms with Gasteiger partial charge in [-0.3, -0.25) is 9.58 Å². The highest BCUT2D eigenvalue weighted by molar-refractivity contribution is 7.09. The number of rotatable bonds is 4. The van der Waals surface area contributed by atoms with E-state index in [1.165, 1.54) is 0 Å². The largest absolute Gasteiger partial charge is 0.378 e. The predicted molar refractivity (Wildman–Crippen MR) is 87.3 cm³/mol. The summed E-state index contributed by atoms with van der Waals surface area (Å²) in [6.45, 7) is 4.85. The average Bonchev–Trinajstić information content (AvgIpc) is 3.29. The van der Waals surface area contributed by atoms with Crippen molar-refractivity contribution in [1.82, 2.24) is 29.8 Å². The molecule has 4 heterocycles. The van der Waals surface area contributed by atoms with Crippen LogP contribution in [0.5, 0.6) is 0 Å². The Morgan fingerprint density at radius 3 is 3.04 bits per heavy atom. The van der Waals surface area contributed by atoms with Gasteiger partial charge in [-0.15, -0.1) is 11.3 Å². The standard InChI is InChI=1S/C15H18N6O2S/c1-10-9-24-13(17-10)7-21-3-4-22-8-12(21)14-18-15(23-19-14)11-5-16-20(2)6-11/h5-6,9,12H,3-4,7-8H2,1-2H3/t12-/m1/s1. The third-order valence-electron chi connectivity index (χ3n) is 3.94. The summed E-state index contributed by atoms with van der Waals surface area (Å²) in [7, 11) is 1.85. The van der Waals surface area contributed by atoms with Crippen molar-refractivity contribution in [3.63, 3.8) is 0 Å². The van der Waals surface area contributed by atoms with E-state index in [9.17, 15) is 0 Å². The zero-order chi connectivity index (χ0) is 16.5. The van der Waals surface area contributed by atoms with Gasteiger partial charge in [0.15, 0.2) is 5.82 Å². The highest BCUT2D eigenvalue weighted by Gasteiger charge is 2.29. The van der Waals surface area contributed by atoms with E-state index in [0.717, 1.165) is 29.4 Å². The zero-order valence-corrected chi connectivity index (χ0v) is 14.4. The molecule has 1 saturated heterocycles. The van der Waals surface area contributed by atoms with Gasteiger partial charge >= 0.3 is 0 Å². The number of nitrogens with zero attached hydrogens (tertiary/aromatic N) is 6. The number of thiazole rings is 1. The first-order valence-corrected chi connectivity index (χ1v) is 8.62. The van der Waals surface area contributed by atoms with Crippen LogP contribution in [0, 0.1) is 6.92 Å². The van der Waals surface area contributed by atoms with Crippen molar-refractivity contribution in [3.8, 4) is 11.5 Å². The van der Waals surface area contributed by atoms with Gasteiger partial charge in [0, 0.05) is 30.9 Å². The molecule has 4 rings (SSSR count). The summed E-state index contributed by atoms with van der Waals surface area (Å²) in [4.78, 5) is 11.4. The molecule has 0 saturated carbocycles. The second kappa shape index (κ2) is 6.42. The molecular weight excluding hydrogens is 328 g/mol. The van der Waals surface area contributed by atoms with Crippen molar-refractivity contribution in [2.45, 2.75) is 19.5 Å². The lowest BCUT2D eigenvalue weighted by atomic mass is 10.2. The van der Waals surface area contributed by atoms with E-state index in [4.69, 9.17) is 9.26 Å². The van der Waals surface area contributed by atoms with Crippen molar-refractivity contribution in [1.29, 1.82) is 0 Å². The van der Waals surface area contributed by atoms with E-state index in [2.05, 4.69) is 30.5 Å². The van der Waals surface area contributed by atoms with E-state index in [-0.39, 0.29) is 6.04 Å². The van der Waals surface area contributed by atoms with Gasteiger partial charge in [-0.05, 0) is 6.92 Å². The summed E-state index contributed by atoms with van der Waals surface area (Å²) < 4.78 is 12.8. The minimum atomic E-state index is -0.0304. The van der Waals surface area contributed by atoms with Crippen molar-refractivity contribution in [2.75, 3.05) is 19.8 Å². The minimum absolute atomic E-state index is 0.0304. The van der Waals surface area contributed by atoms with Gasteiger partial charge in [0.05, 0.1) is 37.6 Å². The van der Waals surface area contributed by atoms with Gasteiger partial charge in [0.1, 0.15) is 5.01 Å². The minimum Gasteiger partial charge on any atom is -0.378 e. The molecule has 0 aromatic carbocycles. The fourth-order valence-electron chi connectivity index (χ4n) is 2.73. The Bertz CT molecular complexity index is 825. The average molecular weight is 346 g/mol. The molecule has 126 valence electrons. The SMILES string of the molecule is Cc1csc(CN2CCOC[C@@H]2c2noc(-c3cnn(C)c3)n2)n1. The molecule has 1 aliphatic heterocycles. The highest BCUT2D eigenvalue weighted by atomic mass is 32.1. The number of ether oxygens (including phenoxy) is 1. The van der Waals surface area contributed by atoms with E-state index in [0.29, 0.717) is 24.9 Å². The molecule has 0 radical (unpaired) electrons. The van der Waals surface area contributed by atoms with Crippen LogP contribution in [-0.4, -0.2) is 49.6 Å². The second-order valence-corrected chi connectivity index (χ2v) is 6.75. The maximum atomic E-state index is 5.63. The summed E-state index contributed by atoms with van der Waals surface area (Å²) in [6.07, 6.45) is 3.57. The highest BCUT2D eigenvalue weighted by Crippen LogP contribution is 2.27. The molecule has 0 aliphatic carbocycles. The lowest BCUT2D eigenvalue weighted by Gasteiger charge is -2.32. The lowest BCUT2D eigenvalue weighted by Crippen LogP contribution is -2.39. The first-order chi connectivity index (χ1) is 11.7. The lowest BCUT2D eigenvalue weighted by molar-refractivity contribution is -0.0166. The molecule has 8 nitrogen and oxygen atoms in total. The van der Waals surface area contributed by atoms with Gasteiger partial charge in [-0.2, -0.15) is 10.1 Å². The number of aromatic nitrogens is 5. The molecule has 1 fully saturated rings. The Labute approximate surface area is 143 Å². The first kappa shape index (κ1) is 15.4. The third-order valence-corrected chi connectivity index (χ3v) is 4.89. The molecule has 0 N–H and O–H groups in total. The summed E-state index contributed by atoms with van der Waals surface area (Å²) in [5, 5.41) is 11.5. The maximum Gasteiger partial charge on any atom is 0.261 e. The molecule has 1 aliphatic rings. The van der Waals surface area contributed by atoms with Crippen LogP contribution < -0.4 is 0 Å². The summed E-state index contributed by atoms with van der Waals surface area (Å²) in [6, 6.07) is -0.0304. The molecule has 3 aromatic rings. The monoisotopic (exact) mass is 346 g/mol. The molecule has 24 heavy (non-hydrogen) atoms. The first-order valence-electron chi connectivity index (χ1n) is 7.74. The fourth-order valence-corrected chi connectivity index (χ4v) is 3.53. The number of hydrogen-bond donors (Lipinski definition) is 0. The molecular formula is C15H18N6O2S. The van der Waals surface area contributed by atoms with Crippen LogP contribution in [-0.2, 0) is 18.3 Å². The molecule has 0 bridgehead atoms. The van der Waals surface area contributed by atoms with Crippen LogP contribution in [0.25, 0.3) is 11.5 Å². The Hall–Kier alpha value is -2.10. The number of aryl methyl sites for hydroxylation is 2.